The van der Waals surface area contributed by atoms with E-state index < -0.39 is 22.4 Å². The molecule has 166 valence electrons. The summed E-state index contributed by atoms with van der Waals surface area (Å²) in [6.07, 6.45) is 0. The van der Waals surface area contributed by atoms with Crippen LogP contribution < -0.4 is 0 Å². The molecule has 9 heteroatoms. The highest BCUT2D eigenvalue weighted by molar-refractivity contribution is 5.57. The molecule has 9 nitrogen and oxygen atoms in total. The van der Waals surface area contributed by atoms with E-state index in [1.165, 1.54) is 0 Å². The smallest absolute Gasteiger partial charge is 0.200 e. The molecule has 0 saturated heterocycles. The molecule has 5 rings (SSSR count). The summed E-state index contributed by atoms with van der Waals surface area (Å²) < 4.78 is 12.3. The third-order valence-corrected chi connectivity index (χ3v) is 5.88. The lowest BCUT2D eigenvalue weighted by atomic mass is 10.0. The average molecular weight is 434 g/mol. The van der Waals surface area contributed by atoms with Gasteiger partial charge in [-0.15, -0.1) is 20.4 Å². The van der Waals surface area contributed by atoms with E-state index in [0.717, 1.165) is 22.8 Å². The Morgan fingerprint density at radius 1 is 0.500 bits per heavy atom. The van der Waals surface area contributed by atoms with Crippen molar-refractivity contribution in [2.75, 3.05) is 0 Å². The van der Waals surface area contributed by atoms with Crippen molar-refractivity contribution in [1.29, 1.82) is 0 Å². The molecule has 3 aromatic rings. The summed E-state index contributed by atoms with van der Waals surface area (Å²) >= 11 is 0. The van der Waals surface area contributed by atoms with Crippen LogP contribution in [0.4, 0.5) is 0 Å². The second-order valence-corrected chi connectivity index (χ2v) is 10.3. The Balaban J connectivity index is 1.57. The van der Waals surface area contributed by atoms with E-state index in [1.54, 1.807) is 0 Å². The molecule has 2 aliphatic heterocycles. The van der Waals surface area contributed by atoms with Crippen LogP contribution in [0.3, 0.4) is 0 Å². The number of pyridine rings is 1. The second-order valence-electron chi connectivity index (χ2n) is 10.3. The van der Waals surface area contributed by atoms with E-state index in [4.69, 9.17) is 24.4 Å². The maximum atomic E-state index is 6.14. The van der Waals surface area contributed by atoms with Crippen LogP contribution >= 0.6 is 0 Å². The van der Waals surface area contributed by atoms with Crippen molar-refractivity contribution in [3.63, 3.8) is 0 Å². The van der Waals surface area contributed by atoms with Crippen molar-refractivity contribution in [2.24, 2.45) is 0 Å². The van der Waals surface area contributed by atoms with Crippen LogP contribution in [0.15, 0.2) is 18.2 Å². The maximum absolute atomic E-state index is 6.14. The Labute approximate surface area is 187 Å². The van der Waals surface area contributed by atoms with Gasteiger partial charge in [0.25, 0.3) is 0 Å². The van der Waals surface area contributed by atoms with Crippen LogP contribution in [0.2, 0.25) is 0 Å². The Bertz CT molecular complexity index is 1160. The first-order chi connectivity index (χ1) is 14.8. The standard InChI is InChI=1S/C23H27N7O2/c1-20(2)14-16(22(5,6)31-20)27-29-18(25-14)12-10-9-11-13(24-12)19-26-15-17(28-30-19)23(7,8)32-21(15,3)4/h9-11H,1-8H3. The lowest BCUT2D eigenvalue weighted by Crippen LogP contribution is -2.23. The highest BCUT2D eigenvalue weighted by Crippen LogP contribution is 2.45. The first-order valence-electron chi connectivity index (χ1n) is 10.7. The third kappa shape index (κ3) is 3.10. The highest BCUT2D eigenvalue weighted by Gasteiger charge is 2.47. The monoisotopic (exact) mass is 433 g/mol. The molecule has 0 aromatic carbocycles. The molecule has 0 unspecified atom stereocenters. The molecule has 0 spiro atoms. The van der Waals surface area contributed by atoms with Gasteiger partial charge in [0.1, 0.15) is 56.6 Å². The summed E-state index contributed by atoms with van der Waals surface area (Å²) in [7, 11) is 0. The Morgan fingerprint density at radius 3 is 1.28 bits per heavy atom. The number of hydrogen-bond donors (Lipinski definition) is 0. The van der Waals surface area contributed by atoms with Gasteiger partial charge in [0, 0.05) is 0 Å². The second kappa shape index (κ2) is 6.32. The molecule has 0 radical (unpaired) electrons. The zero-order valence-corrected chi connectivity index (χ0v) is 19.7. The molecule has 5 heterocycles. The van der Waals surface area contributed by atoms with Crippen LogP contribution in [-0.2, 0) is 31.9 Å². The van der Waals surface area contributed by atoms with Crippen molar-refractivity contribution in [1.82, 2.24) is 35.3 Å². The maximum Gasteiger partial charge on any atom is 0.200 e. The molecule has 32 heavy (non-hydrogen) atoms. The summed E-state index contributed by atoms with van der Waals surface area (Å²) in [5, 5.41) is 17.5. The van der Waals surface area contributed by atoms with E-state index in [0.29, 0.717) is 23.0 Å². The van der Waals surface area contributed by atoms with Crippen LogP contribution in [0.1, 0.15) is 78.2 Å². The van der Waals surface area contributed by atoms with E-state index >= 15 is 0 Å². The molecular formula is C23H27N7O2. The van der Waals surface area contributed by atoms with Crippen LogP contribution in [0.5, 0.6) is 0 Å². The van der Waals surface area contributed by atoms with E-state index in [9.17, 15) is 0 Å². The summed E-state index contributed by atoms with van der Waals surface area (Å²) in [5.41, 5.74) is 2.00. The van der Waals surface area contributed by atoms with Gasteiger partial charge >= 0.3 is 0 Å². The Hall–Kier alpha value is -2.91. The van der Waals surface area contributed by atoms with Gasteiger partial charge in [-0.3, -0.25) is 0 Å². The minimum atomic E-state index is -0.563. The minimum absolute atomic E-state index is 0.430. The number of ether oxygens (including phenoxy) is 2. The summed E-state index contributed by atoms with van der Waals surface area (Å²) in [6, 6.07) is 5.57. The van der Waals surface area contributed by atoms with E-state index in [-0.39, 0.29) is 0 Å². The first kappa shape index (κ1) is 21.0. The minimum Gasteiger partial charge on any atom is -0.357 e. The van der Waals surface area contributed by atoms with Crippen molar-refractivity contribution >= 4 is 0 Å². The molecule has 0 bridgehead atoms. The van der Waals surface area contributed by atoms with Crippen LogP contribution in [-0.4, -0.2) is 35.3 Å². The summed E-state index contributed by atoms with van der Waals surface area (Å²) in [5.74, 6) is 0.859. The molecule has 0 amide bonds. The molecule has 0 saturated carbocycles. The Kier molecular flexibility index (Phi) is 4.14. The average Bonchev–Trinajstić information content (AvgIpc) is 3.02. The topological polar surface area (TPSA) is 109 Å². The van der Waals surface area contributed by atoms with Crippen molar-refractivity contribution in [3.8, 4) is 23.0 Å². The molecule has 2 aliphatic rings. The highest BCUT2D eigenvalue weighted by atomic mass is 16.5. The van der Waals surface area contributed by atoms with Gasteiger partial charge in [-0.1, -0.05) is 6.07 Å². The molecule has 0 fully saturated rings. The van der Waals surface area contributed by atoms with E-state index in [2.05, 4.69) is 20.4 Å². The van der Waals surface area contributed by atoms with Crippen molar-refractivity contribution in [3.05, 3.63) is 41.0 Å². The number of nitrogens with zero attached hydrogens (tertiary/aromatic N) is 7. The van der Waals surface area contributed by atoms with Gasteiger partial charge in [-0.2, -0.15) is 0 Å². The van der Waals surface area contributed by atoms with Gasteiger partial charge in [0.15, 0.2) is 0 Å². The first-order valence-corrected chi connectivity index (χ1v) is 10.7. The van der Waals surface area contributed by atoms with Gasteiger partial charge in [0.2, 0.25) is 11.6 Å². The normalized spacial score (nSPS) is 21.2. The zero-order valence-electron chi connectivity index (χ0n) is 19.7. The van der Waals surface area contributed by atoms with Crippen molar-refractivity contribution < 1.29 is 9.47 Å². The molecular weight excluding hydrogens is 406 g/mol. The van der Waals surface area contributed by atoms with Gasteiger partial charge < -0.3 is 9.47 Å². The van der Waals surface area contributed by atoms with Crippen LogP contribution in [0.25, 0.3) is 23.0 Å². The molecule has 0 atom stereocenters. The fourth-order valence-electron chi connectivity index (χ4n) is 4.67. The molecule has 3 aromatic heterocycles. The van der Waals surface area contributed by atoms with Gasteiger partial charge in [-0.05, 0) is 67.5 Å². The number of aromatic nitrogens is 7. The predicted molar refractivity (Wildman–Crippen MR) is 116 cm³/mol. The molecule has 0 aliphatic carbocycles. The van der Waals surface area contributed by atoms with E-state index in [1.807, 2.05) is 73.6 Å². The van der Waals surface area contributed by atoms with Gasteiger partial charge in [0.05, 0.1) is 0 Å². The fraction of sp³-hybridized carbons (Fsp3) is 0.522. The quantitative estimate of drug-likeness (QED) is 0.596. The Morgan fingerprint density at radius 2 is 0.875 bits per heavy atom. The lowest BCUT2D eigenvalue weighted by Gasteiger charge is -2.23. The molecule has 0 N–H and O–H groups in total. The van der Waals surface area contributed by atoms with Crippen LogP contribution in [0, 0.1) is 0 Å². The predicted octanol–water partition coefficient (Wildman–Crippen LogP) is 3.79. The number of rotatable bonds is 2. The van der Waals surface area contributed by atoms with Gasteiger partial charge in [-0.25, -0.2) is 15.0 Å². The number of fused-ring (bicyclic) bond motifs is 2. The lowest BCUT2D eigenvalue weighted by molar-refractivity contribution is -0.107. The SMILES string of the molecule is CC1(C)OC(C)(C)c2nc(-c3cccc(-c4nnc5c(n4)C(C)(C)OC5(C)C)n3)nnc21. The van der Waals surface area contributed by atoms with Crippen molar-refractivity contribution in [2.45, 2.75) is 77.8 Å². The largest absolute Gasteiger partial charge is 0.357 e. The fourth-order valence-corrected chi connectivity index (χ4v) is 4.67. The summed E-state index contributed by atoms with van der Waals surface area (Å²) in [4.78, 5) is 14.3. The number of hydrogen-bond acceptors (Lipinski definition) is 9. The summed E-state index contributed by atoms with van der Waals surface area (Å²) in [6.45, 7) is 15.8. The third-order valence-electron chi connectivity index (χ3n) is 5.88. The zero-order chi connectivity index (χ0) is 23.1.